The van der Waals surface area contributed by atoms with Crippen molar-refractivity contribution in [1.82, 2.24) is 9.55 Å². The van der Waals surface area contributed by atoms with E-state index in [0.717, 1.165) is 0 Å². The minimum atomic E-state index is -0.487. The molecular weight excluding hydrogens is 236 g/mol. The summed E-state index contributed by atoms with van der Waals surface area (Å²) in [5.74, 6) is 1.25. The zero-order valence-corrected chi connectivity index (χ0v) is 9.38. The maximum absolute atomic E-state index is 11.6. The number of rotatable bonds is 1. The van der Waals surface area contributed by atoms with Crippen molar-refractivity contribution in [2.75, 3.05) is 13.2 Å². The second kappa shape index (κ2) is 4.06. The van der Waals surface area contributed by atoms with Crippen LogP contribution < -0.4 is 20.7 Å². The fourth-order valence-electron chi connectivity index (χ4n) is 1.80. The van der Waals surface area contributed by atoms with Crippen LogP contribution in [-0.4, -0.2) is 22.8 Å². The Bertz CT molecular complexity index is 702. The predicted octanol–water partition coefficient (Wildman–Crippen LogP) is 0.297. The summed E-state index contributed by atoms with van der Waals surface area (Å²) in [6.07, 6.45) is 1.42. The van der Waals surface area contributed by atoms with E-state index in [4.69, 9.17) is 9.47 Å². The molecule has 1 aliphatic rings. The number of aromatic nitrogens is 2. The first kappa shape index (κ1) is 10.6. The summed E-state index contributed by atoms with van der Waals surface area (Å²) >= 11 is 0. The average Bonchev–Trinajstić information content (AvgIpc) is 2.38. The molecule has 3 rings (SSSR count). The molecule has 0 radical (unpaired) electrons. The van der Waals surface area contributed by atoms with E-state index < -0.39 is 11.2 Å². The van der Waals surface area contributed by atoms with Crippen molar-refractivity contribution in [3.05, 3.63) is 51.3 Å². The lowest BCUT2D eigenvalue weighted by Crippen LogP contribution is -2.27. The highest BCUT2D eigenvalue weighted by Gasteiger charge is 2.12. The first-order valence-corrected chi connectivity index (χ1v) is 5.46. The second-order valence-corrected chi connectivity index (χ2v) is 3.81. The van der Waals surface area contributed by atoms with Gasteiger partial charge in [-0.05, 0) is 12.1 Å². The van der Waals surface area contributed by atoms with Gasteiger partial charge in [-0.2, -0.15) is 0 Å². The molecule has 0 amide bonds. The van der Waals surface area contributed by atoms with Crippen LogP contribution in [0.3, 0.4) is 0 Å². The molecular formula is C12H10N2O4. The lowest BCUT2D eigenvalue weighted by molar-refractivity contribution is 0.171. The molecule has 0 atom stereocenters. The number of ether oxygens (including phenoxy) is 2. The Kier molecular flexibility index (Phi) is 2.40. The van der Waals surface area contributed by atoms with Crippen LogP contribution in [-0.2, 0) is 0 Å². The molecule has 92 valence electrons. The van der Waals surface area contributed by atoms with E-state index in [0.29, 0.717) is 30.4 Å². The Hall–Kier alpha value is -2.50. The highest BCUT2D eigenvalue weighted by atomic mass is 16.6. The normalized spacial score (nSPS) is 13.3. The quantitative estimate of drug-likeness (QED) is 0.785. The van der Waals surface area contributed by atoms with Crippen molar-refractivity contribution in [2.45, 2.75) is 0 Å². The third-order valence-corrected chi connectivity index (χ3v) is 2.63. The molecule has 0 bridgehead atoms. The van der Waals surface area contributed by atoms with Crippen LogP contribution in [0.15, 0.2) is 40.1 Å². The molecule has 0 fully saturated rings. The number of fused-ring (bicyclic) bond motifs is 1. The van der Waals surface area contributed by atoms with Gasteiger partial charge in [-0.3, -0.25) is 14.3 Å². The molecule has 0 aliphatic carbocycles. The molecule has 0 saturated heterocycles. The van der Waals surface area contributed by atoms with Gasteiger partial charge >= 0.3 is 5.69 Å². The monoisotopic (exact) mass is 246 g/mol. The molecule has 1 aliphatic heterocycles. The standard InChI is InChI=1S/C12H10N2O4/c15-11-3-4-14(12(16)13-11)8-1-2-9-10(7-8)18-6-5-17-9/h1-4,7H,5-6H2,(H,13,15,16). The van der Waals surface area contributed by atoms with E-state index in [9.17, 15) is 9.59 Å². The number of hydrogen-bond donors (Lipinski definition) is 1. The Morgan fingerprint density at radius 2 is 1.83 bits per heavy atom. The molecule has 1 aromatic carbocycles. The zero-order chi connectivity index (χ0) is 12.5. The van der Waals surface area contributed by atoms with Gasteiger partial charge in [0.1, 0.15) is 13.2 Å². The van der Waals surface area contributed by atoms with Gasteiger partial charge in [0.15, 0.2) is 11.5 Å². The van der Waals surface area contributed by atoms with Gasteiger partial charge in [-0.15, -0.1) is 0 Å². The van der Waals surface area contributed by atoms with Gasteiger partial charge in [0.25, 0.3) is 5.56 Å². The maximum Gasteiger partial charge on any atom is 0.332 e. The molecule has 1 aromatic heterocycles. The highest BCUT2D eigenvalue weighted by molar-refractivity contribution is 5.49. The SMILES string of the molecule is O=c1ccn(-c2ccc3c(c2)OCCO3)c(=O)[nH]1. The van der Waals surface area contributed by atoms with Crippen LogP contribution in [0.25, 0.3) is 5.69 Å². The summed E-state index contributed by atoms with van der Waals surface area (Å²) < 4.78 is 12.2. The van der Waals surface area contributed by atoms with Crippen molar-refractivity contribution in [1.29, 1.82) is 0 Å². The van der Waals surface area contributed by atoms with E-state index in [1.54, 1.807) is 18.2 Å². The van der Waals surface area contributed by atoms with Crippen LogP contribution in [0.1, 0.15) is 0 Å². The summed E-state index contributed by atoms with van der Waals surface area (Å²) in [5, 5.41) is 0. The fraction of sp³-hybridized carbons (Fsp3) is 0.167. The van der Waals surface area contributed by atoms with Crippen molar-refractivity contribution in [3.8, 4) is 17.2 Å². The van der Waals surface area contributed by atoms with E-state index in [1.165, 1.54) is 16.8 Å². The minimum absolute atomic E-state index is 0.422. The summed E-state index contributed by atoms with van der Waals surface area (Å²) in [4.78, 5) is 24.8. The first-order chi connectivity index (χ1) is 8.74. The maximum atomic E-state index is 11.6. The largest absolute Gasteiger partial charge is 0.486 e. The van der Waals surface area contributed by atoms with Crippen LogP contribution in [0.4, 0.5) is 0 Å². The van der Waals surface area contributed by atoms with Gasteiger partial charge in [0.2, 0.25) is 0 Å². The van der Waals surface area contributed by atoms with E-state index in [2.05, 4.69) is 4.98 Å². The number of hydrogen-bond acceptors (Lipinski definition) is 4. The third-order valence-electron chi connectivity index (χ3n) is 2.63. The summed E-state index contributed by atoms with van der Waals surface area (Å²) in [6, 6.07) is 6.46. The molecule has 18 heavy (non-hydrogen) atoms. The fourth-order valence-corrected chi connectivity index (χ4v) is 1.80. The van der Waals surface area contributed by atoms with E-state index in [1.807, 2.05) is 0 Å². The number of H-pyrrole nitrogens is 1. The first-order valence-electron chi connectivity index (χ1n) is 5.46. The summed E-state index contributed by atoms with van der Waals surface area (Å²) in [6.45, 7) is 1.00. The highest BCUT2D eigenvalue weighted by Crippen LogP contribution is 2.31. The van der Waals surface area contributed by atoms with Crippen LogP contribution >= 0.6 is 0 Å². The van der Waals surface area contributed by atoms with Crippen molar-refractivity contribution < 1.29 is 9.47 Å². The van der Waals surface area contributed by atoms with Gasteiger partial charge in [0, 0.05) is 18.3 Å². The third kappa shape index (κ3) is 1.77. The molecule has 0 saturated carbocycles. The van der Waals surface area contributed by atoms with Crippen molar-refractivity contribution in [2.24, 2.45) is 0 Å². The number of nitrogens with one attached hydrogen (secondary N) is 1. The summed E-state index contributed by atoms with van der Waals surface area (Å²) in [5.41, 5.74) is -0.298. The summed E-state index contributed by atoms with van der Waals surface area (Å²) in [7, 11) is 0. The Labute approximate surface area is 101 Å². The van der Waals surface area contributed by atoms with Gasteiger partial charge < -0.3 is 9.47 Å². The molecule has 0 spiro atoms. The molecule has 2 heterocycles. The average molecular weight is 246 g/mol. The van der Waals surface area contributed by atoms with Crippen LogP contribution in [0.2, 0.25) is 0 Å². The zero-order valence-electron chi connectivity index (χ0n) is 9.38. The lowest BCUT2D eigenvalue weighted by Gasteiger charge is -2.19. The Balaban J connectivity index is 2.12. The molecule has 2 aromatic rings. The second-order valence-electron chi connectivity index (χ2n) is 3.81. The van der Waals surface area contributed by atoms with E-state index >= 15 is 0 Å². The molecule has 6 heteroatoms. The molecule has 6 nitrogen and oxygen atoms in total. The lowest BCUT2D eigenvalue weighted by atomic mass is 10.2. The predicted molar refractivity (Wildman–Crippen MR) is 63.6 cm³/mol. The topological polar surface area (TPSA) is 73.3 Å². The van der Waals surface area contributed by atoms with Crippen molar-refractivity contribution >= 4 is 0 Å². The Morgan fingerprint density at radius 3 is 2.61 bits per heavy atom. The van der Waals surface area contributed by atoms with E-state index in [-0.39, 0.29) is 0 Å². The van der Waals surface area contributed by atoms with Crippen molar-refractivity contribution in [3.63, 3.8) is 0 Å². The number of aromatic amines is 1. The van der Waals surface area contributed by atoms with Gasteiger partial charge in [-0.25, -0.2) is 4.79 Å². The number of benzene rings is 1. The Morgan fingerprint density at radius 1 is 1.06 bits per heavy atom. The minimum Gasteiger partial charge on any atom is -0.486 e. The van der Waals surface area contributed by atoms with Gasteiger partial charge in [0.05, 0.1) is 5.69 Å². The van der Waals surface area contributed by atoms with Crippen LogP contribution in [0, 0.1) is 0 Å². The number of nitrogens with zero attached hydrogens (tertiary/aromatic N) is 1. The van der Waals surface area contributed by atoms with Crippen LogP contribution in [0.5, 0.6) is 11.5 Å². The molecule has 1 N–H and O–H groups in total. The smallest absolute Gasteiger partial charge is 0.332 e. The van der Waals surface area contributed by atoms with Gasteiger partial charge in [-0.1, -0.05) is 0 Å². The molecule has 0 unspecified atom stereocenters.